The van der Waals surface area contributed by atoms with Crippen molar-refractivity contribution < 1.29 is 18.3 Å². The number of allylic oxidation sites excluding steroid dienone is 1. The maximum absolute atomic E-state index is 13.3. The molecule has 1 aromatic rings. The molecule has 1 fully saturated rings. The Bertz CT molecular complexity index is 494. The first kappa shape index (κ1) is 17.9. The lowest BCUT2D eigenvalue weighted by atomic mass is 9.87. The van der Waals surface area contributed by atoms with Gasteiger partial charge in [0.1, 0.15) is 5.75 Å². The van der Waals surface area contributed by atoms with E-state index >= 15 is 0 Å². The van der Waals surface area contributed by atoms with Crippen LogP contribution in [0.1, 0.15) is 56.6 Å². The topological polar surface area (TPSA) is 18.5 Å². The fourth-order valence-electron chi connectivity index (χ4n) is 2.94. The second kappa shape index (κ2) is 9.02. The molecule has 0 aliphatic heterocycles. The van der Waals surface area contributed by atoms with Crippen molar-refractivity contribution in [3.05, 3.63) is 42.0 Å². The third kappa shape index (κ3) is 5.31. The molecule has 0 radical (unpaired) electrons. The zero-order chi connectivity index (χ0) is 16.7. The van der Waals surface area contributed by atoms with Crippen molar-refractivity contribution in [2.75, 3.05) is 6.61 Å². The van der Waals surface area contributed by atoms with Gasteiger partial charge in [-0.2, -0.15) is 0 Å². The van der Waals surface area contributed by atoms with Gasteiger partial charge in [-0.15, -0.1) is 6.58 Å². The van der Waals surface area contributed by atoms with E-state index in [1.165, 1.54) is 6.07 Å². The highest BCUT2D eigenvalue weighted by atomic mass is 19.3. The first-order chi connectivity index (χ1) is 11.1. The van der Waals surface area contributed by atoms with Gasteiger partial charge in [0.15, 0.2) is 0 Å². The molecule has 0 aromatic heterocycles. The van der Waals surface area contributed by atoms with Crippen molar-refractivity contribution >= 4 is 0 Å². The van der Waals surface area contributed by atoms with Crippen LogP contribution in [0.3, 0.4) is 0 Å². The van der Waals surface area contributed by atoms with Crippen LogP contribution in [0.15, 0.2) is 30.9 Å². The van der Waals surface area contributed by atoms with Crippen molar-refractivity contribution in [1.82, 2.24) is 0 Å². The molecule has 0 spiro atoms. The Morgan fingerprint density at radius 3 is 2.61 bits per heavy atom. The minimum atomic E-state index is -2.52. The van der Waals surface area contributed by atoms with Gasteiger partial charge in [0, 0.05) is 12.2 Å². The van der Waals surface area contributed by atoms with E-state index in [-0.39, 0.29) is 18.3 Å². The van der Waals surface area contributed by atoms with Gasteiger partial charge in [0.05, 0.1) is 12.7 Å². The zero-order valence-electron chi connectivity index (χ0n) is 13.8. The number of hydrogen-bond acceptors (Lipinski definition) is 2. The molecule has 0 amide bonds. The highest BCUT2D eigenvalue weighted by Crippen LogP contribution is 2.31. The van der Waals surface area contributed by atoms with Crippen molar-refractivity contribution in [2.45, 2.75) is 58.2 Å². The number of ether oxygens (including phenoxy) is 2. The second-order valence-corrected chi connectivity index (χ2v) is 6.10. The van der Waals surface area contributed by atoms with Gasteiger partial charge in [0.2, 0.25) is 0 Å². The molecular weight excluding hydrogens is 298 g/mol. The normalized spacial score (nSPS) is 21.4. The number of hydrogen-bond donors (Lipinski definition) is 0. The lowest BCUT2D eigenvalue weighted by Crippen LogP contribution is -2.23. The summed E-state index contributed by atoms with van der Waals surface area (Å²) in [6.07, 6.45) is 4.46. The first-order valence-corrected chi connectivity index (χ1v) is 8.42. The Morgan fingerprint density at radius 2 is 2.00 bits per heavy atom. The van der Waals surface area contributed by atoms with Crippen LogP contribution in [0, 0.1) is 5.92 Å². The summed E-state index contributed by atoms with van der Waals surface area (Å²) in [4.78, 5) is 0. The molecule has 0 atom stereocenters. The quantitative estimate of drug-likeness (QED) is 0.453. The summed E-state index contributed by atoms with van der Waals surface area (Å²) in [6, 6.07) is 4.94. The molecule has 1 saturated carbocycles. The Balaban J connectivity index is 1.99. The number of rotatable bonds is 8. The van der Waals surface area contributed by atoms with Crippen molar-refractivity contribution in [3.63, 3.8) is 0 Å². The summed E-state index contributed by atoms with van der Waals surface area (Å²) in [5.74, 6) is 1.09. The summed E-state index contributed by atoms with van der Waals surface area (Å²) in [5, 5.41) is 0. The van der Waals surface area contributed by atoms with E-state index in [1.54, 1.807) is 12.1 Å². The maximum atomic E-state index is 13.3. The third-order valence-electron chi connectivity index (χ3n) is 4.31. The van der Waals surface area contributed by atoms with E-state index in [9.17, 15) is 8.78 Å². The molecule has 0 N–H and O–H groups in total. The minimum Gasteiger partial charge on any atom is -0.490 e. The van der Waals surface area contributed by atoms with E-state index in [1.807, 2.05) is 13.0 Å². The molecule has 4 heteroatoms. The van der Waals surface area contributed by atoms with E-state index in [4.69, 9.17) is 9.47 Å². The number of halogens is 2. The molecule has 2 nitrogen and oxygen atoms in total. The van der Waals surface area contributed by atoms with Gasteiger partial charge < -0.3 is 9.47 Å². The van der Waals surface area contributed by atoms with Crippen LogP contribution >= 0.6 is 0 Å². The fraction of sp³-hybridized carbons (Fsp3) is 0.579. The first-order valence-electron chi connectivity index (χ1n) is 8.42. The summed E-state index contributed by atoms with van der Waals surface area (Å²) < 4.78 is 37.8. The highest BCUT2D eigenvalue weighted by molar-refractivity contribution is 5.36. The Morgan fingerprint density at radius 1 is 1.26 bits per heavy atom. The lowest BCUT2D eigenvalue weighted by molar-refractivity contribution is 0.111. The zero-order valence-corrected chi connectivity index (χ0v) is 13.8. The molecular formula is C19H26F2O2. The molecule has 128 valence electrons. The molecule has 0 unspecified atom stereocenters. The molecule has 0 bridgehead atoms. The molecule has 2 rings (SSSR count). The van der Waals surface area contributed by atoms with Gasteiger partial charge in [0.25, 0.3) is 6.43 Å². The molecule has 23 heavy (non-hydrogen) atoms. The van der Waals surface area contributed by atoms with E-state index in [0.29, 0.717) is 23.8 Å². The minimum absolute atomic E-state index is 0.0124. The summed E-state index contributed by atoms with van der Waals surface area (Å²) in [7, 11) is 0. The lowest BCUT2D eigenvalue weighted by Gasteiger charge is -2.27. The van der Waals surface area contributed by atoms with E-state index < -0.39 is 6.43 Å². The average Bonchev–Trinajstić information content (AvgIpc) is 2.56. The fourth-order valence-corrected chi connectivity index (χ4v) is 2.94. The van der Waals surface area contributed by atoms with E-state index in [0.717, 1.165) is 32.1 Å². The van der Waals surface area contributed by atoms with Crippen LogP contribution in [0.4, 0.5) is 8.78 Å². The Kier molecular flexibility index (Phi) is 7.03. The van der Waals surface area contributed by atoms with Gasteiger partial charge in [-0.05, 0) is 55.7 Å². The second-order valence-electron chi connectivity index (χ2n) is 6.10. The third-order valence-corrected chi connectivity index (χ3v) is 4.31. The molecule has 0 saturated heterocycles. The summed E-state index contributed by atoms with van der Waals surface area (Å²) in [6.45, 7) is 6.62. The molecule has 1 aliphatic rings. The summed E-state index contributed by atoms with van der Waals surface area (Å²) in [5.41, 5.74) is 0.551. The highest BCUT2D eigenvalue weighted by Gasteiger charge is 2.21. The molecule has 1 aromatic carbocycles. The monoisotopic (exact) mass is 324 g/mol. The number of alkyl halides is 2. The Hall–Kier alpha value is -1.42. The smallest absolute Gasteiger partial charge is 0.264 e. The van der Waals surface area contributed by atoms with Crippen LogP contribution in [0.2, 0.25) is 0 Å². The van der Waals surface area contributed by atoms with Crippen molar-refractivity contribution in [3.8, 4) is 5.75 Å². The number of benzene rings is 1. The predicted octanol–water partition coefficient (Wildman–Crippen LogP) is 5.67. The largest absolute Gasteiger partial charge is 0.490 e. The van der Waals surface area contributed by atoms with Gasteiger partial charge in [-0.3, -0.25) is 0 Å². The maximum Gasteiger partial charge on any atom is 0.264 e. The van der Waals surface area contributed by atoms with Gasteiger partial charge in [-0.1, -0.05) is 19.1 Å². The average molecular weight is 324 g/mol. The van der Waals surface area contributed by atoms with Gasteiger partial charge in [-0.25, -0.2) is 8.78 Å². The van der Waals surface area contributed by atoms with Gasteiger partial charge >= 0.3 is 0 Å². The van der Waals surface area contributed by atoms with Crippen LogP contribution in [-0.4, -0.2) is 12.7 Å². The molecule has 0 heterocycles. The molecule has 1 aliphatic carbocycles. The van der Waals surface area contributed by atoms with Crippen molar-refractivity contribution in [2.24, 2.45) is 5.92 Å². The van der Waals surface area contributed by atoms with E-state index in [2.05, 4.69) is 6.58 Å². The van der Waals surface area contributed by atoms with Crippen molar-refractivity contribution in [1.29, 1.82) is 0 Å². The SMILES string of the molecule is C=CC1CCC(Oc2ccc(COCCC)c(C(F)F)c2)CC1. The standard InChI is InChI=1S/C19H26F2O2/c1-3-11-22-13-15-7-10-17(12-18(15)19(20)21)23-16-8-5-14(4-2)6-9-16/h4,7,10,12,14,16,19H,2-3,5-6,8-9,11,13H2,1H3. The van der Waals surface area contributed by atoms with Crippen LogP contribution in [0.25, 0.3) is 0 Å². The van der Waals surface area contributed by atoms with Crippen LogP contribution < -0.4 is 4.74 Å². The van der Waals surface area contributed by atoms with Crippen LogP contribution in [-0.2, 0) is 11.3 Å². The van der Waals surface area contributed by atoms with Crippen LogP contribution in [0.5, 0.6) is 5.75 Å². The summed E-state index contributed by atoms with van der Waals surface area (Å²) >= 11 is 0. The predicted molar refractivity (Wildman–Crippen MR) is 87.9 cm³/mol. The Labute approximate surface area is 137 Å².